The smallest absolute Gasteiger partial charge is 0.129 e. The van der Waals surface area contributed by atoms with Crippen LogP contribution in [0.3, 0.4) is 0 Å². The summed E-state index contributed by atoms with van der Waals surface area (Å²) < 4.78 is 27.3. The van der Waals surface area contributed by atoms with Gasteiger partial charge in [0, 0.05) is 11.6 Å². The van der Waals surface area contributed by atoms with Gasteiger partial charge in [0.25, 0.3) is 0 Å². The van der Waals surface area contributed by atoms with Gasteiger partial charge in [-0.15, -0.1) is 0 Å². The molecule has 1 rings (SSSR count). The van der Waals surface area contributed by atoms with E-state index in [4.69, 9.17) is 0 Å². The summed E-state index contributed by atoms with van der Waals surface area (Å²) in [5.74, 6) is -0.487. The van der Waals surface area contributed by atoms with Gasteiger partial charge >= 0.3 is 0 Å². The van der Waals surface area contributed by atoms with E-state index >= 15 is 0 Å². The predicted molar refractivity (Wildman–Crippen MR) is 71.6 cm³/mol. The van der Waals surface area contributed by atoms with Crippen LogP contribution in [0.2, 0.25) is 0 Å². The zero-order valence-electron chi connectivity index (χ0n) is 11.5. The van der Waals surface area contributed by atoms with E-state index in [2.05, 4.69) is 26.1 Å². The number of hydrogen-bond acceptors (Lipinski definition) is 1. The molecule has 1 nitrogen and oxygen atoms in total. The minimum atomic E-state index is -0.443. The van der Waals surface area contributed by atoms with E-state index < -0.39 is 11.6 Å². The first kappa shape index (κ1) is 15.1. The number of nitrogens with one attached hydrogen (secondary N) is 1. The lowest BCUT2D eigenvalue weighted by Crippen LogP contribution is -2.37. The van der Waals surface area contributed by atoms with Gasteiger partial charge in [0.1, 0.15) is 11.6 Å². The molecule has 3 heteroatoms. The van der Waals surface area contributed by atoms with Gasteiger partial charge in [0.15, 0.2) is 0 Å². The molecule has 0 bridgehead atoms. The van der Waals surface area contributed by atoms with Crippen LogP contribution < -0.4 is 5.32 Å². The van der Waals surface area contributed by atoms with Crippen LogP contribution in [0, 0.1) is 17.6 Å². The van der Waals surface area contributed by atoms with E-state index in [-0.39, 0.29) is 11.6 Å². The third kappa shape index (κ3) is 4.05. The molecule has 0 saturated heterocycles. The van der Waals surface area contributed by atoms with Gasteiger partial charge in [-0.05, 0) is 37.4 Å². The molecule has 0 aliphatic carbocycles. The molecule has 2 atom stereocenters. The lowest BCUT2D eigenvalue weighted by Gasteiger charge is -2.24. The highest BCUT2D eigenvalue weighted by Gasteiger charge is 2.19. The van der Waals surface area contributed by atoms with Gasteiger partial charge in [-0.2, -0.15) is 0 Å². The first-order valence-corrected chi connectivity index (χ1v) is 6.76. The maximum atomic E-state index is 13.6. The Hall–Kier alpha value is -0.960. The second-order valence-corrected chi connectivity index (χ2v) is 4.85. The van der Waals surface area contributed by atoms with Crippen LogP contribution in [0.1, 0.15) is 39.2 Å². The van der Waals surface area contributed by atoms with E-state index in [0.29, 0.717) is 12.3 Å². The van der Waals surface area contributed by atoms with Crippen LogP contribution in [0.25, 0.3) is 0 Å². The Morgan fingerprint density at radius 3 is 2.28 bits per heavy atom. The van der Waals surface area contributed by atoms with Gasteiger partial charge in [0.05, 0.1) is 0 Å². The highest BCUT2D eigenvalue weighted by Crippen LogP contribution is 2.18. The zero-order chi connectivity index (χ0) is 13.5. The van der Waals surface area contributed by atoms with E-state index in [1.165, 1.54) is 18.2 Å². The maximum absolute atomic E-state index is 13.6. The average molecular weight is 255 g/mol. The molecule has 1 aromatic carbocycles. The summed E-state index contributed by atoms with van der Waals surface area (Å²) in [7, 11) is 0. The Balaban J connectivity index is 2.81. The van der Waals surface area contributed by atoms with Gasteiger partial charge < -0.3 is 5.32 Å². The van der Waals surface area contributed by atoms with Crippen molar-refractivity contribution in [1.29, 1.82) is 0 Å². The van der Waals surface area contributed by atoms with E-state index in [0.717, 1.165) is 19.4 Å². The van der Waals surface area contributed by atoms with Crippen LogP contribution in [0.4, 0.5) is 8.78 Å². The Morgan fingerprint density at radius 1 is 1.17 bits per heavy atom. The molecule has 0 heterocycles. The van der Waals surface area contributed by atoms with Crippen LogP contribution in [-0.2, 0) is 6.42 Å². The lowest BCUT2D eigenvalue weighted by atomic mass is 9.92. The first-order chi connectivity index (χ1) is 8.60. The normalized spacial score (nSPS) is 14.5. The SMILES string of the molecule is CCCNC(Cc1c(F)cccc1F)C(C)CC. The van der Waals surface area contributed by atoms with Crippen molar-refractivity contribution in [2.75, 3.05) is 6.54 Å². The molecule has 0 amide bonds. The molecule has 0 saturated carbocycles. The van der Waals surface area contributed by atoms with Gasteiger partial charge in [-0.3, -0.25) is 0 Å². The van der Waals surface area contributed by atoms with Crippen molar-refractivity contribution < 1.29 is 8.78 Å². The largest absolute Gasteiger partial charge is 0.313 e. The Bertz CT molecular complexity index is 345. The molecule has 102 valence electrons. The summed E-state index contributed by atoms with van der Waals surface area (Å²) in [4.78, 5) is 0. The minimum Gasteiger partial charge on any atom is -0.313 e. The highest BCUT2D eigenvalue weighted by molar-refractivity contribution is 5.20. The molecule has 18 heavy (non-hydrogen) atoms. The monoisotopic (exact) mass is 255 g/mol. The van der Waals surface area contributed by atoms with Crippen molar-refractivity contribution in [2.45, 2.75) is 46.1 Å². The fourth-order valence-electron chi connectivity index (χ4n) is 2.04. The third-order valence-corrected chi connectivity index (χ3v) is 3.47. The quantitative estimate of drug-likeness (QED) is 0.778. The highest BCUT2D eigenvalue weighted by atomic mass is 19.1. The van der Waals surface area contributed by atoms with Gasteiger partial charge in [-0.25, -0.2) is 8.78 Å². The van der Waals surface area contributed by atoms with E-state index in [1.54, 1.807) is 0 Å². The van der Waals surface area contributed by atoms with Crippen LogP contribution in [0.5, 0.6) is 0 Å². The van der Waals surface area contributed by atoms with Crippen molar-refractivity contribution in [3.05, 3.63) is 35.4 Å². The van der Waals surface area contributed by atoms with Gasteiger partial charge in [0.2, 0.25) is 0 Å². The van der Waals surface area contributed by atoms with Gasteiger partial charge in [-0.1, -0.05) is 33.3 Å². The average Bonchev–Trinajstić information content (AvgIpc) is 2.36. The van der Waals surface area contributed by atoms with Crippen LogP contribution in [0.15, 0.2) is 18.2 Å². The summed E-state index contributed by atoms with van der Waals surface area (Å²) >= 11 is 0. The van der Waals surface area contributed by atoms with Crippen molar-refractivity contribution >= 4 is 0 Å². The maximum Gasteiger partial charge on any atom is 0.129 e. The molecule has 1 N–H and O–H groups in total. The molecule has 0 spiro atoms. The van der Waals surface area contributed by atoms with E-state index in [9.17, 15) is 8.78 Å². The Morgan fingerprint density at radius 2 is 1.78 bits per heavy atom. The summed E-state index contributed by atoms with van der Waals surface area (Å²) in [6.45, 7) is 7.19. The van der Waals surface area contributed by atoms with Crippen LogP contribution in [-0.4, -0.2) is 12.6 Å². The molecule has 1 aromatic rings. The summed E-state index contributed by atoms with van der Waals surface area (Å²) in [5, 5.41) is 3.39. The molecule has 0 radical (unpaired) electrons. The molecular weight excluding hydrogens is 232 g/mol. The fraction of sp³-hybridized carbons (Fsp3) is 0.600. The third-order valence-electron chi connectivity index (χ3n) is 3.47. The number of rotatable bonds is 7. The number of hydrogen-bond donors (Lipinski definition) is 1. The van der Waals surface area contributed by atoms with E-state index in [1.807, 2.05) is 0 Å². The Labute approximate surface area is 109 Å². The van der Waals surface area contributed by atoms with Crippen LogP contribution >= 0.6 is 0 Å². The lowest BCUT2D eigenvalue weighted by molar-refractivity contribution is 0.357. The topological polar surface area (TPSA) is 12.0 Å². The molecule has 0 aliphatic rings. The Kier molecular flexibility index (Phi) is 6.27. The number of benzene rings is 1. The van der Waals surface area contributed by atoms with Crippen molar-refractivity contribution in [3.8, 4) is 0 Å². The molecule has 0 aromatic heterocycles. The number of halogens is 2. The molecule has 0 fully saturated rings. The fourth-order valence-corrected chi connectivity index (χ4v) is 2.04. The summed E-state index contributed by atoms with van der Waals surface area (Å²) in [6, 6.07) is 4.19. The second kappa shape index (κ2) is 7.47. The molecule has 2 unspecified atom stereocenters. The molecule has 0 aliphatic heterocycles. The first-order valence-electron chi connectivity index (χ1n) is 6.76. The standard InChI is InChI=1S/C15H23F2N/c1-4-9-18-15(11(3)5-2)10-12-13(16)7-6-8-14(12)17/h6-8,11,15,18H,4-5,9-10H2,1-3H3. The van der Waals surface area contributed by atoms with Crippen molar-refractivity contribution in [3.63, 3.8) is 0 Å². The van der Waals surface area contributed by atoms with Crippen molar-refractivity contribution in [2.24, 2.45) is 5.92 Å². The summed E-state index contributed by atoms with van der Waals surface area (Å²) in [6.07, 6.45) is 2.43. The minimum absolute atomic E-state index is 0.126. The molecular formula is C15H23F2N. The van der Waals surface area contributed by atoms with Crippen molar-refractivity contribution in [1.82, 2.24) is 5.32 Å². The predicted octanol–water partition coefficient (Wildman–Crippen LogP) is 3.92. The zero-order valence-corrected chi connectivity index (χ0v) is 11.5. The summed E-state index contributed by atoms with van der Waals surface area (Å²) in [5.41, 5.74) is 0.200. The second-order valence-electron chi connectivity index (χ2n) is 4.85.